The average molecular weight is 480 g/mol. The van der Waals surface area contributed by atoms with Crippen molar-refractivity contribution in [2.24, 2.45) is 5.92 Å². The zero-order chi connectivity index (χ0) is 15.9. The molecule has 126 valence electrons. The zero-order valence-corrected chi connectivity index (χ0v) is 16.0. The molecule has 2 unspecified atom stereocenters. The molecular weight excluding hydrogens is 453 g/mol. The number of rotatable bonds is 4. The largest absolute Gasteiger partial charge is 0.458 e. The number of carbonyl (C=O) groups excluding carboxylic acids is 3. The molecule has 0 aromatic rings. The topological polar surface area (TPSA) is 63.7 Å². The fraction of sp³-hybridized carbons (Fsp3) is 0.800. The van der Waals surface area contributed by atoms with Gasteiger partial charge in [0.05, 0.1) is 0 Å². The van der Waals surface area contributed by atoms with E-state index in [4.69, 9.17) is 4.74 Å². The van der Waals surface area contributed by atoms with Crippen molar-refractivity contribution in [1.29, 1.82) is 0 Å². The molecule has 0 N–H and O–H groups in total. The predicted molar refractivity (Wildman–Crippen MR) is 77.2 cm³/mol. The number of ether oxygens (including phenoxy) is 1. The summed E-state index contributed by atoms with van der Waals surface area (Å²) in [6, 6.07) is -0.582. The van der Waals surface area contributed by atoms with Crippen molar-refractivity contribution in [1.82, 2.24) is 4.90 Å². The Balaban J connectivity index is 0. The number of nitrogens with zero attached hydrogens (tertiary/aromatic N) is 1. The van der Waals surface area contributed by atoms with Crippen LogP contribution >= 0.6 is 0 Å². The van der Waals surface area contributed by atoms with Crippen LogP contribution in [-0.2, 0) is 40.2 Å². The Bertz CT molecular complexity index is 352. The Morgan fingerprint density at radius 1 is 1.43 bits per heavy atom. The summed E-state index contributed by atoms with van der Waals surface area (Å²) in [6.07, 6.45) is 1.47. The molecule has 1 aliphatic rings. The molecule has 0 bridgehead atoms. The number of aldehydes is 1. The number of likely N-dealkylation sites (tertiary alicyclic amines) is 1. The summed E-state index contributed by atoms with van der Waals surface area (Å²) in [7, 11) is 0. The van der Waals surface area contributed by atoms with E-state index in [9.17, 15) is 14.4 Å². The molecule has 0 radical (unpaired) electrons. The van der Waals surface area contributed by atoms with Gasteiger partial charge >= 0.3 is 5.97 Å². The van der Waals surface area contributed by atoms with Crippen molar-refractivity contribution in [3.63, 3.8) is 0 Å². The maximum Gasteiger partial charge on any atom is 0.329 e. The van der Waals surface area contributed by atoms with E-state index in [0.717, 1.165) is 6.29 Å². The second kappa shape index (κ2) is 10.1. The number of hydrogen-bond acceptors (Lipinski definition) is 4. The fourth-order valence-electron chi connectivity index (χ4n) is 2.04. The third-order valence-electron chi connectivity index (χ3n) is 2.82. The van der Waals surface area contributed by atoms with Gasteiger partial charge in [0.2, 0.25) is 5.91 Å². The Morgan fingerprint density at radius 3 is 2.29 bits per heavy atom. The normalized spacial score (nSPS) is 19.0. The molecular formula is C15H27NO4Pt. The van der Waals surface area contributed by atoms with E-state index in [2.05, 4.69) is 0 Å². The van der Waals surface area contributed by atoms with Crippen LogP contribution in [0.5, 0.6) is 0 Å². The van der Waals surface area contributed by atoms with Gasteiger partial charge in [0.25, 0.3) is 0 Å². The summed E-state index contributed by atoms with van der Waals surface area (Å²) < 4.78 is 5.30. The number of amides is 1. The van der Waals surface area contributed by atoms with Gasteiger partial charge in [-0.15, -0.1) is 0 Å². The second-order valence-corrected chi connectivity index (χ2v) is 5.60. The minimum atomic E-state index is -0.582. The van der Waals surface area contributed by atoms with Crippen LogP contribution in [0.3, 0.4) is 0 Å². The Labute approximate surface area is 142 Å². The molecule has 1 rings (SSSR count). The fourth-order valence-corrected chi connectivity index (χ4v) is 2.04. The van der Waals surface area contributed by atoms with Gasteiger partial charge in [-0.3, -0.25) is 4.79 Å². The van der Waals surface area contributed by atoms with Crippen molar-refractivity contribution in [3.8, 4) is 0 Å². The van der Waals surface area contributed by atoms with Gasteiger partial charge < -0.3 is 14.4 Å². The van der Waals surface area contributed by atoms with Crippen LogP contribution in [0.15, 0.2) is 0 Å². The SMILES string of the molecule is CC.CCC(C(=O)OC(C)(C)C)N1CC(C=O)CC1=O.[Pt]. The molecule has 1 heterocycles. The van der Waals surface area contributed by atoms with E-state index in [1.807, 2.05) is 20.8 Å². The summed E-state index contributed by atoms with van der Waals surface area (Å²) >= 11 is 0. The van der Waals surface area contributed by atoms with Gasteiger partial charge in [-0.1, -0.05) is 20.8 Å². The first kappa shape index (κ1) is 22.6. The average Bonchev–Trinajstić information content (AvgIpc) is 2.72. The minimum absolute atomic E-state index is 0. The van der Waals surface area contributed by atoms with Crippen molar-refractivity contribution < 1.29 is 40.2 Å². The standard InChI is InChI=1S/C13H21NO4.C2H6.Pt/c1-5-10(12(17)18-13(2,3)4)14-7-9(8-15)6-11(14)16;1-2;/h8-10H,5-7H2,1-4H3;1-2H3;. The minimum Gasteiger partial charge on any atom is -0.458 e. The Hall–Kier alpha value is -0.702. The monoisotopic (exact) mass is 480 g/mol. The predicted octanol–water partition coefficient (Wildman–Crippen LogP) is 2.18. The first-order valence-electron chi connectivity index (χ1n) is 7.26. The Kier molecular flexibility index (Phi) is 10.9. The number of hydrogen-bond donors (Lipinski definition) is 0. The summed E-state index contributed by atoms with van der Waals surface area (Å²) in [6.45, 7) is 11.5. The van der Waals surface area contributed by atoms with E-state index in [-0.39, 0.29) is 39.3 Å². The molecule has 1 amide bonds. The molecule has 2 atom stereocenters. The van der Waals surface area contributed by atoms with E-state index in [1.54, 1.807) is 20.8 Å². The summed E-state index contributed by atoms with van der Waals surface area (Å²) in [4.78, 5) is 36.0. The van der Waals surface area contributed by atoms with Crippen molar-refractivity contribution in [2.45, 2.75) is 66.0 Å². The van der Waals surface area contributed by atoms with Crippen LogP contribution in [0.2, 0.25) is 0 Å². The van der Waals surface area contributed by atoms with Crippen LogP contribution < -0.4 is 0 Å². The van der Waals surface area contributed by atoms with Gasteiger partial charge in [-0.25, -0.2) is 4.79 Å². The molecule has 5 nitrogen and oxygen atoms in total. The third kappa shape index (κ3) is 7.21. The second-order valence-electron chi connectivity index (χ2n) is 5.60. The first-order chi connectivity index (χ1) is 9.28. The smallest absolute Gasteiger partial charge is 0.329 e. The van der Waals surface area contributed by atoms with E-state index < -0.39 is 17.6 Å². The van der Waals surface area contributed by atoms with Gasteiger partial charge in [0.1, 0.15) is 17.9 Å². The molecule has 21 heavy (non-hydrogen) atoms. The van der Waals surface area contributed by atoms with Crippen molar-refractivity contribution in [2.75, 3.05) is 6.54 Å². The van der Waals surface area contributed by atoms with E-state index >= 15 is 0 Å². The number of carbonyl (C=O) groups is 3. The Morgan fingerprint density at radius 2 is 1.95 bits per heavy atom. The van der Waals surface area contributed by atoms with Crippen LogP contribution in [0.4, 0.5) is 0 Å². The van der Waals surface area contributed by atoms with Crippen LogP contribution in [0.25, 0.3) is 0 Å². The maximum atomic E-state index is 12.0. The van der Waals surface area contributed by atoms with Crippen LogP contribution in [0.1, 0.15) is 54.4 Å². The molecule has 0 aliphatic carbocycles. The van der Waals surface area contributed by atoms with Gasteiger partial charge in [0, 0.05) is 39.9 Å². The van der Waals surface area contributed by atoms with Crippen LogP contribution in [0, 0.1) is 5.92 Å². The van der Waals surface area contributed by atoms with Gasteiger partial charge in [0.15, 0.2) is 0 Å². The summed E-state index contributed by atoms with van der Waals surface area (Å²) in [5.74, 6) is -0.844. The number of esters is 1. The third-order valence-corrected chi connectivity index (χ3v) is 2.82. The first-order valence-corrected chi connectivity index (χ1v) is 7.26. The van der Waals surface area contributed by atoms with Crippen LogP contribution in [-0.4, -0.2) is 41.3 Å². The molecule has 0 aromatic heterocycles. The van der Waals surface area contributed by atoms with E-state index in [1.165, 1.54) is 4.90 Å². The van der Waals surface area contributed by atoms with Gasteiger partial charge in [-0.2, -0.15) is 0 Å². The molecule has 1 saturated heterocycles. The molecule has 0 aromatic carbocycles. The van der Waals surface area contributed by atoms with Crippen molar-refractivity contribution in [3.05, 3.63) is 0 Å². The quantitative estimate of drug-likeness (QED) is 0.457. The maximum absolute atomic E-state index is 12.0. The van der Waals surface area contributed by atoms with Gasteiger partial charge in [-0.05, 0) is 27.2 Å². The molecule has 6 heteroatoms. The molecule has 0 saturated carbocycles. The summed E-state index contributed by atoms with van der Waals surface area (Å²) in [5.41, 5.74) is -0.572. The molecule has 1 aliphatic heterocycles. The zero-order valence-electron chi connectivity index (χ0n) is 13.7. The van der Waals surface area contributed by atoms with E-state index in [0.29, 0.717) is 13.0 Å². The summed E-state index contributed by atoms with van der Waals surface area (Å²) in [5, 5.41) is 0. The molecule has 1 fully saturated rings. The molecule has 0 spiro atoms. The van der Waals surface area contributed by atoms with Crippen molar-refractivity contribution >= 4 is 18.2 Å².